The van der Waals surface area contributed by atoms with E-state index in [0.29, 0.717) is 0 Å². The lowest BCUT2D eigenvalue weighted by Crippen LogP contribution is -2.16. The number of rotatable bonds is 5. The minimum absolute atomic E-state index is 0.0360. The van der Waals surface area contributed by atoms with Crippen molar-refractivity contribution in [3.63, 3.8) is 0 Å². The van der Waals surface area contributed by atoms with Crippen LogP contribution in [0.3, 0.4) is 0 Å². The molecule has 98 valence electrons. The number of hydrogen-bond acceptors (Lipinski definition) is 5. The summed E-state index contributed by atoms with van der Waals surface area (Å²) < 4.78 is 14.9. The number of ketones is 1. The molecule has 0 saturated heterocycles. The summed E-state index contributed by atoms with van der Waals surface area (Å²) in [4.78, 5) is 22.5. The molecule has 0 aliphatic rings. The first-order valence-corrected chi connectivity index (χ1v) is 5.11. The normalized spacial score (nSPS) is 9.78. The Balaban J connectivity index is 3.65. The van der Waals surface area contributed by atoms with Crippen molar-refractivity contribution in [2.24, 2.45) is 0 Å². The highest BCUT2D eigenvalue weighted by molar-refractivity contribution is 6.43. The first-order valence-electron chi connectivity index (χ1n) is 4.74. The fraction of sp³-hybridized carbons (Fsp3) is 0.273. The molecule has 0 unspecified atom stereocenters. The minimum Gasteiger partial charge on any atom is -0.494 e. The molecule has 0 amide bonds. The third-order valence-electron chi connectivity index (χ3n) is 2.20. The number of benzene rings is 1. The largest absolute Gasteiger partial charge is 0.494 e. The molecule has 1 aromatic rings. The van der Waals surface area contributed by atoms with E-state index >= 15 is 0 Å². The smallest absolute Gasteiger partial charge is 0.377 e. The van der Waals surface area contributed by atoms with Gasteiger partial charge in [0.15, 0.2) is 17.2 Å². The second-order valence-corrected chi connectivity index (χ2v) is 3.54. The predicted octanol–water partition coefficient (Wildman–Crippen LogP) is 1.63. The van der Waals surface area contributed by atoms with Crippen LogP contribution in [0.4, 0.5) is 0 Å². The number of aliphatic carboxylic acids is 1. The van der Waals surface area contributed by atoms with Crippen LogP contribution in [0.5, 0.6) is 17.2 Å². The number of carboxylic acid groups (broad SMARTS) is 1. The Morgan fingerprint density at radius 2 is 1.67 bits per heavy atom. The summed E-state index contributed by atoms with van der Waals surface area (Å²) in [5.74, 6) is -2.79. The molecule has 1 aromatic carbocycles. The topological polar surface area (TPSA) is 82.1 Å². The number of carboxylic acids is 1. The van der Waals surface area contributed by atoms with Crippen molar-refractivity contribution in [2.45, 2.75) is 0 Å². The quantitative estimate of drug-likeness (QED) is 0.649. The number of carbonyl (C=O) groups excluding carboxylic acids is 1. The molecule has 0 heterocycles. The minimum atomic E-state index is -1.64. The van der Waals surface area contributed by atoms with Crippen LogP contribution in [0, 0.1) is 0 Å². The van der Waals surface area contributed by atoms with Gasteiger partial charge in [-0.25, -0.2) is 4.79 Å². The summed E-state index contributed by atoms with van der Waals surface area (Å²) in [6.07, 6.45) is 0. The highest BCUT2D eigenvalue weighted by Gasteiger charge is 2.29. The lowest BCUT2D eigenvalue weighted by molar-refractivity contribution is -0.131. The van der Waals surface area contributed by atoms with E-state index in [2.05, 4.69) is 0 Å². The molecule has 6 nitrogen and oxygen atoms in total. The highest BCUT2D eigenvalue weighted by atomic mass is 35.5. The van der Waals surface area contributed by atoms with Gasteiger partial charge in [-0.05, 0) is 0 Å². The van der Waals surface area contributed by atoms with Crippen molar-refractivity contribution >= 4 is 23.4 Å². The van der Waals surface area contributed by atoms with Crippen molar-refractivity contribution in [3.05, 3.63) is 16.7 Å². The number of methoxy groups -OCH3 is 3. The molecular formula is C11H11ClO6. The van der Waals surface area contributed by atoms with Crippen LogP contribution in [0.15, 0.2) is 6.07 Å². The van der Waals surface area contributed by atoms with Crippen molar-refractivity contribution in [1.82, 2.24) is 0 Å². The third-order valence-corrected chi connectivity index (χ3v) is 2.48. The summed E-state index contributed by atoms with van der Waals surface area (Å²) in [6, 6.07) is 1.37. The van der Waals surface area contributed by atoms with Crippen LogP contribution in [-0.4, -0.2) is 38.2 Å². The fourth-order valence-electron chi connectivity index (χ4n) is 1.46. The Labute approximate surface area is 108 Å². The maximum Gasteiger partial charge on any atom is 0.377 e. The number of ether oxygens (including phenoxy) is 3. The van der Waals surface area contributed by atoms with E-state index in [-0.39, 0.29) is 27.8 Å². The zero-order valence-electron chi connectivity index (χ0n) is 9.94. The average molecular weight is 275 g/mol. The lowest BCUT2D eigenvalue weighted by atomic mass is 10.1. The van der Waals surface area contributed by atoms with Gasteiger partial charge in [-0.2, -0.15) is 0 Å². The van der Waals surface area contributed by atoms with Crippen molar-refractivity contribution in [2.75, 3.05) is 21.3 Å². The first kappa shape index (κ1) is 14.1. The average Bonchev–Trinajstić information content (AvgIpc) is 2.36. The Morgan fingerprint density at radius 3 is 2.06 bits per heavy atom. The number of carbonyl (C=O) groups is 2. The molecule has 0 aliphatic heterocycles. The molecule has 0 spiro atoms. The molecule has 0 bridgehead atoms. The molecular weight excluding hydrogens is 264 g/mol. The van der Waals surface area contributed by atoms with Crippen LogP contribution in [0.25, 0.3) is 0 Å². The van der Waals surface area contributed by atoms with Gasteiger partial charge in [0, 0.05) is 6.07 Å². The van der Waals surface area contributed by atoms with E-state index in [1.54, 1.807) is 0 Å². The number of halogens is 1. The summed E-state index contributed by atoms with van der Waals surface area (Å²) in [7, 11) is 3.89. The third kappa shape index (κ3) is 2.33. The fourth-order valence-corrected chi connectivity index (χ4v) is 1.73. The molecule has 1 rings (SSSR count). The van der Waals surface area contributed by atoms with Crippen LogP contribution < -0.4 is 14.2 Å². The van der Waals surface area contributed by atoms with Gasteiger partial charge in [-0.1, -0.05) is 11.6 Å². The number of Topliss-reactive ketones (excluding diaryl/α,β-unsaturated/α-hetero) is 1. The Kier molecular flexibility index (Phi) is 4.38. The van der Waals surface area contributed by atoms with E-state index in [1.807, 2.05) is 0 Å². The predicted molar refractivity (Wildman–Crippen MR) is 63.1 cm³/mol. The van der Waals surface area contributed by atoms with Crippen molar-refractivity contribution in [3.8, 4) is 17.2 Å². The van der Waals surface area contributed by atoms with Gasteiger partial charge < -0.3 is 19.3 Å². The molecule has 0 fully saturated rings. The van der Waals surface area contributed by atoms with Gasteiger partial charge in [-0.15, -0.1) is 0 Å². The molecule has 0 aromatic heterocycles. The molecule has 1 N–H and O–H groups in total. The van der Waals surface area contributed by atoms with Gasteiger partial charge in [0.25, 0.3) is 5.78 Å². The second-order valence-electron chi connectivity index (χ2n) is 3.14. The monoisotopic (exact) mass is 274 g/mol. The van der Waals surface area contributed by atoms with E-state index < -0.39 is 11.8 Å². The molecule has 7 heteroatoms. The molecule has 0 radical (unpaired) electrons. The van der Waals surface area contributed by atoms with Gasteiger partial charge >= 0.3 is 5.97 Å². The van der Waals surface area contributed by atoms with E-state index in [4.69, 9.17) is 30.9 Å². The first-order chi connectivity index (χ1) is 8.47. The Hall–Kier alpha value is -1.95. The van der Waals surface area contributed by atoms with Gasteiger partial charge in [0.05, 0.1) is 26.4 Å². The maximum absolute atomic E-state index is 11.7. The highest BCUT2D eigenvalue weighted by Crippen LogP contribution is 2.42. The standard InChI is InChI=1S/C11H11ClO6/c1-16-6-4-5(12)9(17-2)7(10(6)18-3)8(13)11(14)15/h4H,1-3H3,(H,14,15). The Bertz CT molecular complexity index is 497. The van der Waals surface area contributed by atoms with E-state index in [0.717, 1.165) is 0 Å². The van der Waals surface area contributed by atoms with Crippen molar-refractivity contribution < 1.29 is 28.9 Å². The van der Waals surface area contributed by atoms with Gasteiger partial charge in [0.2, 0.25) is 0 Å². The summed E-state index contributed by atoms with van der Waals surface area (Å²) in [6.45, 7) is 0. The van der Waals surface area contributed by atoms with Crippen LogP contribution >= 0.6 is 11.6 Å². The molecule has 0 saturated carbocycles. The Morgan fingerprint density at radius 1 is 1.11 bits per heavy atom. The second kappa shape index (κ2) is 5.59. The van der Waals surface area contributed by atoms with Gasteiger partial charge in [0.1, 0.15) is 5.56 Å². The van der Waals surface area contributed by atoms with Crippen LogP contribution in [0.2, 0.25) is 5.02 Å². The summed E-state index contributed by atoms with van der Waals surface area (Å²) in [5, 5.41) is 8.84. The maximum atomic E-state index is 11.7. The van der Waals surface area contributed by atoms with Crippen molar-refractivity contribution in [1.29, 1.82) is 0 Å². The van der Waals surface area contributed by atoms with Crippen LogP contribution in [-0.2, 0) is 4.79 Å². The number of hydrogen-bond donors (Lipinski definition) is 1. The van der Waals surface area contributed by atoms with E-state index in [1.165, 1.54) is 27.4 Å². The summed E-state index contributed by atoms with van der Waals surface area (Å²) in [5.41, 5.74) is -0.281. The van der Waals surface area contributed by atoms with Gasteiger partial charge in [-0.3, -0.25) is 4.79 Å². The summed E-state index contributed by atoms with van der Waals surface area (Å²) >= 11 is 5.89. The molecule has 0 aliphatic carbocycles. The van der Waals surface area contributed by atoms with E-state index in [9.17, 15) is 9.59 Å². The molecule has 0 atom stereocenters. The zero-order chi connectivity index (χ0) is 13.9. The molecule has 18 heavy (non-hydrogen) atoms. The van der Waals surface area contributed by atoms with Crippen LogP contribution in [0.1, 0.15) is 10.4 Å². The SMILES string of the molecule is COc1cc(Cl)c(OC)c(C(=O)C(=O)O)c1OC. The lowest BCUT2D eigenvalue weighted by Gasteiger charge is -2.15. The zero-order valence-corrected chi connectivity index (χ0v) is 10.7.